The largest absolute Gasteiger partial charge is 0.466 e. The monoisotopic (exact) mass is 455 g/mol. The second-order valence-electron chi connectivity index (χ2n) is 8.93. The molecule has 0 heterocycles. The summed E-state index contributed by atoms with van der Waals surface area (Å²) in [7, 11) is 0. The Morgan fingerprint density at radius 1 is 1.19 bits per heavy atom. The van der Waals surface area contributed by atoms with Gasteiger partial charge in [-0.15, -0.1) is 19.0 Å². The lowest BCUT2D eigenvalue weighted by Crippen LogP contribution is -2.17. The number of nitrogens with two attached hydrogens (primary N) is 1. The summed E-state index contributed by atoms with van der Waals surface area (Å²) in [6.07, 6.45) is 9.11. The molecule has 3 rings (SSSR count). The van der Waals surface area contributed by atoms with E-state index in [1.54, 1.807) is 0 Å². The molecule has 4 heteroatoms. The standard InChI is InChI=1S/C28H37NO2.ClH/c1-5-7-8-9-10-22-14-19(3)13-20(4)28(22)25-16-23(21-11-12-21)15-24(17-25)26(29)18-27(30)31-6-2;/h5,13-17,21,26H,1,6-12,18,29H2,2-4H3;1H/t26-;/m0./s1. The summed E-state index contributed by atoms with van der Waals surface area (Å²) in [4.78, 5) is 12.0. The molecule has 1 aliphatic carbocycles. The molecule has 0 spiro atoms. The number of esters is 1. The molecule has 0 aromatic heterocycles. The molecular weight excluding hydrogens is 418 g/mol. The molecule has 3 nitrogen and oxygen atoms in total. The smallest absolute Gasteiger partial charge is 0.307 e. The van der Waals surface area contributed by atoms with Gasteiger partial charge in [-0.05, 0) is 105 Å². The van der Waals surface area contributed by atoms with Crippen molar-refractivity contribution in [3.63, 3.8) is 0 Å². The molecule has 2 aromatic rings. The van der Waals surface area contributed by atoms with Crippen molar-refractivity contribution in [1.29, 1.82) is 0 Å². The van der Waals surface area contributed by atoms with Crippen LogP contribution in [0.2, 0.25) is 0 Å². The van der Waals surface area contributed by atoms with Crippen molar-refractivity contribution in [1.82, 2.24) is 0 Å². The Hall–Kier alpha value is -2.10. The first kappa shape index (κ1) is 26.2. The van der Waals surface area contributed by atoms with E-state index >= 15 is 0 Å². The Morgan fingerprint density at radius 3 is 2.59 bits per heavy atom. The lowest BCUT2D eigenvalue weighted by atomic mass is 9.87. The second kappa shape index (κ2) is 12.2. The van der Waals surface area contributed by atoms with E-state index in [2.05, 4.69) is 50.8 Å². The fourth-order valence-corrected chi connectivity index (χ4v) is 4.47. The maximum atomic E-state index is 12.0. The van der Waals surface area contributed by atoms with Gasteiger partial charge in [0.15, 0.2) is 0 Å². The molecule has 1 fully saturated rings. The summed E-state index contributed by atoms with van der Waals surface area (Å²) in [6, 6.07) is 11.0. The highest BCUT2D eigenvalue weighted by Gasteiger charge is 2.26. The number of halogens is 1. The Bertz CT molecular complexity index is 933. The number of hydrogen-bond donors (Lipinski definition) is 1. The molecule has 2 aromatic carbocycles. The number of carbonyl (C=O) groups excluding carboxylic acids is 1. The SMILES string of the molecule is C=CCCCCc1cc(C)cc(C)c1-c1cc(C2CC2)cc([C@@H](N)CC(=O)OCC)c1.Cl. The van der Waals surface area contributed by atoms with Gasteiger partial charge in [0.1, 0.15) is 0 Å². The minimum absolute atomic E-state index is 0. The van der Waals surface area contributed by atoms with E-state index in [1.807, 2.05) is 13.0 Å². The summed E-state index contributed by atoms with van der Waals surface area (Å²) in [5, 5.41) is 0. The molecule has 0 amide bonds. The molecule has 0 radical (unpaired) electrons. The van der Waals surface area contributed by atoms with Gasteiger partial charge >= 0.3 is 5.97 Å². The van der Waals surface area contributed by atoms with Crippen LogP contribution in [0.1, 0.15) is 85.2 Å². The Morgan fingerprint density at radius 2 is 1.94 bits per heavy atom. The summed E-state index contributed by atoms with van der Waals surface area (Å²) >= 11 is 0. The second-order valence-corrected chi connectivity index (χ2v) is 8.93. The lowest BCUT2D eigenvalue weighted by Gasteiger charge is -2.19. The van der Waals surface area contributed by atoms with Gasteiger partial charge in [0.2, 0.25) is 0 Å². The zero-order valence-electron chi connectivity index (χ0n) is 19.8. The molecule has 0 aliphatic heterocycles. The van der Waals surface area contributed by atoms with E-state index in [-0.39, 0.29) is 30.8 Å². The number of benzene rings is 2. The van der Waals surface area contributed by atoms with Gasteiger partial charge in [0, 0.05) is 6.04 Å². The van der Waals surface area contributed by atoms with Crippen LogP contribution in [0, 0.1) is 13.8 Å². The maximum absolute atomic E-state index is 12.0. The van der Waals surface area contributed by atoms with E-state index < -0.39 is 0 Å². The highest BCUT2D eigenvalue weighted by atomic mass is 35.5. The van der Waals surface area contributed by atoms with Crippen LogP contribution in [0.3, 0.4) is 0 Å². The first-order valence-electron chi connectivity index (χ1n) is 11.7. The Kier molecular flexibility index (Phi) is 9.99. The molecule has 2 N–H and O–H groups in total. The molecule has 0 unspecified atom stereocenters. The van der Waals surface area contributed by atoms with Crippen LogP contribution in [-0.2, 0) is 16.0 Å². The highest BCUT2D eigenvalue weighted by molar-refractivity contribution is 5.85. The van der Waals surface area contributed by atoms with E-state index in [1.165, 1.54) is 46.2 Å². The molecule has 0 saturated heterocycles. The topological polar surface area (TPSA) is 52.3 Å². The van der Waals surface area contributed by atoms with Gasteiger partial charge in [-0.3, -0.25) is 4.79 Å². The number of allylic oxidation sites excluding steroid dienone is 1. The molecular formula is C28H38ClNO2. The number of unbranched alkanes of at least 4 members (excludes halogenated alkanes) is 2. The van der Waals surface area contributed by atoms with Gasteiger partial charge in [-0.2, -0.15) is 0 Å². The zero-order chi connectivity index (χ0) is 22.4. The van der Waals surface area contributed by atoms with Crippen LogP contribution in [-0.4, -0.2) is 12.6 Å². The van der Waals surface area contributed by atoms with E-state index in [0.29, 0.717) is 12.5 Å². The highest BCUT2D eigenvalue weighted by Crippen LogP contribution is 2.43. The summed E-state index contributed by atoms with van der Waals surface area (Å²) in [5.74, 6) is 0.387. The van der Waals surface area contributed by atoms with Gasteiger partial charge in [0.05, 0.1) is 13.0 Å². The van der Waals surface area contributed by atoms with Gasteiger partial charge in [-0.25, -0.2) is 0 Å². The van der Waals surface area contributed by atoms with Gasteiger partial charge in [0.25, 0.3) is 0 Å². The third-order valence-corrected chi connectivity index (χ3v) is 6.10. The quantitative estimate of drug-likeness (QED) is 0.223. The normalized spacial score (nSPS) is 13.9. The first-order valence-corrected chi connectivity index (χ1v) is 11.7. The van der Waals surface area contributed by atoms with E-state index in [0.717, 1.165) is 31.2 Å². The van der Waals surface area contributed by atoms with Crippen molar-refractivity contribution in [3.8, 4) is 11.1 Å². The number of rotatable bonds is 11. The van der Waals surface area contributed by atoms with Crippen molar-refractivity contribution in [3.05, 3.63) is 70.8 Å². The number of hydrogen-bond acceptors (Lipinski definition) is 3. The summed E-state index contributed by atoms with van der Waals surface area (Å²) in [5.41, 5.74) is 15.4. The molecule has 174 valence electrons. The molecule has 1 aliphatic rings. The predicted molar refractivity (Wildman–Crippen MR) is 137 cm³/mol. The Balaban J connectivity index is 0.00000363. The van der Waals surface area contributed by atoms with Crippen molar-refractivity contribution in [2.75, 3.05) is 6.61 Å². The molecule has 1 saturated carbocycles. The van der Waals surface area contributed by atoms with E-state index in [9.17, 15) is 4.79 Å². The van der Waals surface area contributed by atoms with Crippen LogP contribution in [0.5, 0.6) is 0 Å². The fourth-order valence-electron chi connectivity index (χ4n) is 4.47. The summed E-state index contributed by atoms with van der Waals surface area (Å²) in [6.45, 7) is 10.4. The average molecular weight is 456 g/mol. The van der Waals surface area contributed by atoms with Crippen LogP contribution in [0.25, 0.3) is 11.1 Å². The van der Waals surface area contributed by atoms with Crippen molar-refractivity contribution < 1.29 is 9.53 Å². The number of carbonyl (C=O) groups is 1. The Labute approximate surface area is 199 Å². The average Bonchev–Trinajstić information content (AvgIpc) is 3.56. The van der Waals surface area contributed by atoms with Crippen molar-refractivity contribution in [2.45, 2.75) is 77.7 Å². The first-order chi connectivity index (χ1) is 14.9. The predicted octanol–water partition coefficient (Wildman–Crippen LogP) is 7.12. The van der Waals surface area contributed by atoms with Crippen LogP contribution in [0.4, 0.5) is 0 Å². The number of aryl methyl sites for hydroxylation is 3. The van der Waals surface area contributed by atoms with E-state index in [4.69, 9.17) is 10.5 Å². The molecule has 0 bridgehead atoms. The third kappa shape index (κ3) is 6.95. The fraction of sp³-hybridized carbons (Fsp3) is 0.464. The van der Waals surface area contributed by atoms with Crippen molar-refractivity contribution in [2.24, 2.45) is 5.73 Å². The molecule has 32 heavy (non-hydrogen) atoms. The number of ether oxygens (including phenoxy) is 1. The van der Waals surface area contributed by atoms with Crippen LogP contribution in [0.15, 0.2) is 43.0 Å². The minimum atomic E-state index is -0.349. The van der Waals surface area contributed by atoms with Gasteiger partial charge < -0.3 is 10.5 Å². The molecule has 1 atom stereocenters. The van der Waals surface area contributed by atoms with Crippen LogP contribution < -0.4 is 5.73 Å². The maximum Gasteiger partial charge on any atom is 0.307 e. The zero-order valence-corrected chi connectivity index (χ0v) is 20.6. The third-order valence-electron chi connectivity index (χ3n) is 6.10. The lowest BCUT2D eigenvalue weighted by molar-refractivity contribution is -0.143. The minimum Gasteiger partial charge on any atom is -0.466 e. The summed E-state index contributed by atoms with van der Waals surface area (Å²) < 4.78 is 5.13. The van der Waals surface area contributed by atoms with Gasteiger partial charge in [-0.1, -0.05) is 35.9 Å². The van der Waals surface area contributed by atoms with Crippen molar-refractivity contribution >= 4 is 18.4 Å². The van der Waals surface area contributed by atoms with Crippen LogP contribution >= 0.6 is 12.4 Å².